The van der Waals surface area contributed by atoms with Gasteiger partial charge in [0.25, 0.3) is 0 Å². The number of carbonyl (C=O) groups excluding carboxylic acids is 1. The van der Waals surface area contributed by atoms with Crippen molar-refractivity contribution in [3.63, 3.8) is 0 Å². The summed E-state index contributed by atoms with van der Waals surface area (Å²) in [4.78, 5) is 15.0. The second-order valence-corrected chi connectivity index (χ2v) is 9.06. The molecular weight excluding hydrogens is 276 g/mol. The van der Waals surface area contributed by atoms with E-state index in [-0.39, 0.29) is 6.03 Å². The lowest BCUT2D eigenvalue weighted by Gasteiger charge is -2.42. The van der Waals surface area contributed by atoms with Crippen molar-refractivity contribution < 1.29 is 9.53 Å². The van der Waals surface area contributed by atoms with Crippen molar-refractivity contribution in [3.8, 4) is 0 Å². The molecule has 22 heavy (non-hydrogen) atoms. The van der Waals surface area contributed by atoms with Gasteiger partial charge in [-0.15, -0.1) is 0 Å². The maximum atomic E-state index is 12.8. The van der Waals surface area contributed by atoms with Gasteiger partial charge in [0.05, 0.1) is 6.61 Å². The van der Waals surface area contributed by atoms with Crippen molar-refractivity contribution in [1.29, 1.82) is 0 Å². The average Bonchev–Trinajstić information content (AvgIpc) is 3.15. The normalized spacial score (nSPS) is 50.6. The van der Waals surface area contributed by atoms with E-state index in [0.717, 1.165) is 32.1 Å². The number of hydrogen-bond donors (Lipinski definition) is 1. The molecule has 3 aliphatic carbocycles. The van der Waals surface area contributed by atoms with E-state index in [1.54, 1.807) is 0 Å². The molecule has 5 fully saturated rings. The van der Waals surface area contributed by atoms with E-state index in [1.165, 1.54) is 25.7 Å². The standard InChI is InChI=1S/C18H28N2O2/c1-17(2)12-3-4-18(17)5-6-20(15(18)8-12)16(21)19-14-7-11-9-22-10-13(11)14/h11-15H,3-10H2,1-2H3,(H,19,21)/t11-,12?,13+,14-,15?,18?/m1/s1. The molecule has 0 aromatic heterocycles. The predicted molar refractivity (Wildman–Crippen MR) is 83.4 cm³/mol. The summed E-state index contributed by atoms with van der Waals surface area (Å²) in [6, 6.07) is 1.07. The quantitative estimate of drug-likeness (QED) is 0.809. The van der Waals surface area contributed by atoms with Gasteiger partial charge in [0.2, 0.25) is 0 Å². The van der Waals surface area contributed by atoms with Crippen LogP contribution in [-0.2, 0) is 4.74 Å². The van der Waals surface area contributed by atoms with Crippen molar-refractivity contribution in [3.05, 3.63) is 0 Å². The first kappa shape index (κ1) is 13.6. The lowest BCUT2D eigenvalue weighted by molar-refractivity contribution is 0.0998. The molecule has 4 heteroatoms. The van der Waals surface area contributed by atoms with Gasteiger partial charge >= 0.3 is 6.03 Å². The van der Waals surface area contributed by atoms with Crippen LogP contribution >= 0.6 is 0 Å². The van der Waals surface area contributed by atoms with Gasteiger partial charge in [-0.25, -0.2) is 4.79 Å². The van der Waals surface area contributed by atoms with Gasteiger partial charge in [-0.2, -0.15) is 0 Å². The monoisotopic (exact) mass is 304 g/mol. The highest BCUT2D eigenvalue weighted by Gasteiger charge is 2.68. The fourth-order valence-electron chi connectivity index (χ4n) is 6.80. The Balaban J connectivity index is 1.30. The molecule has 6 atom stereocenters. The number of nitrogens with one attached hydrogen (secondary N) is 1. The summed E-state index contributed by atoms with van der Waals surface area (Å²) in [6.07, 6.45) is 6.28. The number of rotatable bonds is 1. The molecule has 0 aromatic rings. The van der Waals surface area contributed by atoms with Gasteiger partial charge in [0, 0.05) is 31.2 Å². The van der Waals surface area contributed by atoms with Crippen molar-refractivity contribution in [1.82, 2.24) is 10.2 Å². The number of amides is 2. The Morgan fingerprint density at radius 3 is 2.86 bits per heavy atom. The summed E-state index contributed by atoms with van der Waals surface area (Å²) in [7, 11) is 0. The number of nitrogens with zero attached hydrogens (tertiary/aromatic N) is 1. The fraction of sp³-hybridized carbons (Fsp3) is 0.944. The number of hydrogen-bond acceptors (Lipinski definition) is 2. The first-order valence-electron chi connectivity index (χ1n) is 9.18. The zero-order valence-corrected chi connectivity index (χ0v) is 13.8. The highest BCUT2D eigenvalue weighted by Crippen LogP contribution is 2.70. The van der Waals surface area contributed by atoms with Gasteiger partial charge in [0.15, 0.2) is 0 Å². The Morgan fingerprint density at radius 1 is 1.23 bits per heavy atom. The molecule has 1 spiro atoms. The van der Waals surface area contributed by atoms with E-state index < -0.39 is 0 Å². The number of likely N-dealkylation sites (tertiary alicyclic amines) is 1. The third kappa shape index (κ3) is 1.46. The van der Waals surface area contributed by atoms with Gasteiger partial charge < -0.3 is 15.0 Å². The average molecular weight is 304 g/mol. The molecule has 2 heterocycles. The molecule has 0 radical (unpaired) electrons. The van der Waals surface area contributed by atoms with Crippen LogP contribution in [0.1, 0.15) is 46.0 Å². The molecule has 122 valence electrons. The van der Waals surface area contributed by atoms with Crippen molar-refractivity contribution >= 4 is 6.03 Å². The summed E-state index contributed by atoms with van der Waals surface area (Å²) >= 11 is 0. The molecular formula is C18H28N2O2. The molecule has 2 amide bonds. The molecule has 2 bridgehead atoms. The van der Waals surface area contributed by atoms with Crippen LogP contribution in [0.3, 0.4) is 0 Å². The van der Waals surface area contributed by atoms with Crippen LogP contribution in [-0.4, -0.2) is 42.8 Å². The van der Waals surface area contributed by atoms with Crippen molar-refractivity contribution in [2.75, 3.05) is 19.8 Å². The maximum Gasteiger partial charge on any atom is 0.317 e. The molecule has 3 unspecified atom stereocenters. The predicted octanol–water partition coefficient (Wildman–Crippen LogP) is 2.63. The molecule has 1 N–H and O–H groups in total. The molecule has 3 saturated carbocycles. The van der Waals surface area contributed by atoms with E-state index in [4.69, 9.17) is 4.74 Å². The van der Waals surface area contributed by atoms with E-state index in [2.05, 4.69) is 24.1 Å². The minimum atomic E-state index is 0.209. The van der Waals surface area contributed by atoms with Crippen LogP contribution in [0.25, 0.3) is 0 Å². The SMILES string of the molecule is CC1(C)C2CCC13CCN(C(=O)N[C@@H]1C[C@@H]4COC[C@@H]41)C3C2. The zero-order chi connectivity index (χ0) is 15.1. The second-order valence-electron chi connectivity index (χ2n) is 9.06. The van der Waals surface area contributed by atoms with Gasteiger partial charge in [0.1, 0.15) is 0 Å². The maximum absolute atomic E-state index is 12.8. The lowest BCUT2D eigenvalue weighted by Crippen LogP contribution is -2.56. The number of carbonyl (C=O) groups is 1. The van der Waals surface area contributed by atoms with Gasteiger partial charge in [-0.05, 0) is 54.8 Å². The molecule has 0 aromatic carbocycles. The summed E-state index contributed by atoms with van der Waals surface area (Å²) in [5.74, 6) is 2.11. The van der Waals surface area contributed by atoms with E-state index in [9.17, 15) is 4.79 Å². The first-order valence-corrected chi connectivity index (χ1v) is 9.18. The minimum Gasteiger partial charge on any atom is -0.381 e. The van der Waals surface area contributed by atoms with Gasteiger partial charge in [-0.1, -0.05) is 13.8 Å². The van der Waals surface area contributed by atoms with Gasteiger partial charge in [-0.3, -0.25) is 0 Å². The Labute approximate surface area is 132 Å². The third-order valence-electron chi connectivity index (χ3n) is 8.45. The highest BCUT2D eigenvalue weighted by atomic mass is 16.5. The lowest BCUT2D eigenvalue weighted by atomic mass is 9.67. The summed E-state index contributed by atoms with van der Waals surface area (Å²) < 4.78 is 5.54. The molecule has 5 rings (SSSR count). The Kier molecular flexibility index (Phi) is 2.60. The Morgan fingerprint density at radius 2 is 2.09 bits per heavy atom. The molecule has 2 aliphatic heterocycles. The number of urea groups is 1. The minimum absolute atomic E-state index is 0.209. The van der Waals surface area contributed by atoms with Crippen molar-refractivity contribution in [2.45, 2.75) is 58.0 Å². The van der Waals surface area contributed by atoms with Crippen LogP contribution in [0.5, 0.6) is 0 Å². The zero-order valence-electron chi connectivity index (χ0n) is 13.8. The van der Waals surface area contributed by atoms with Crippen LogP contribution in [0, 0.1) is 28.6 Å². The number of fused-ring (bicyclic) bond motifs is 2. The number of ether oxygens (including phenoxy) is 1. The van der Waals surface area contributed by atoms with E-state index in [1.807, 2.05) is 0 Å². The summed E-state index contributed by atoms with van der Waals surface area (Å²) in [5, 5.41) is 3.33. The van der Waals surface area contributed by atoms with Crippen LogP contribution in [0.15, 0.2) is 0 Å². The van der Waals surface area contributed by atoms with E-state index >= 15 is 0 Å². The smallest absolute Gasteiger partial charge is 0.317 e. The van der Waals surface area contributed by atoms with E-state index in [0.29, 0.717) is 34.7 Å². The third-order valence-corrected chi connectivity index (χ3v) is 8.45. The van der Waals surface area contributed by atoms with Crippen LogP contribution in [0.2, 0.25) is 0 Å². The molecule has 5 aliphatic rings. The molecule has 2 saturated heterocycles. The summed E-state index contributed by atoms with van der Waals surface area (Å²) in [5.41, 5.74) is 0.835. The largest absolute Gasteiger partial charge is 0.381 e. The first-order chi connectivity index (χ1) is 10.5. The topological polar surface area (TPSA) is 41.6 Å². The Bertz CT molecular complexity index is 519. The molecule has 4 nitrogen and oxygen atoms in total. The Hall–Kier alpha value is -0.770. The van der Waals surface area contributed by atoms with Crippen molar-refractivity contribution in [2.24, 2.45) is 28.6 Å². The fourth-order valence-corrected chi connectivity index (χ4v) is 6.80. The highest BCUT2D eigenvalue weighted by molar-refractivity contribution is 5.76. The van der Waals surface area contributed by atoms with Crippen LogP contribution in [0.4, 0.5) is 4.79 Å². The second kappa shape index (κ2) is 4.19. The summed E-state index contributed by atoms with van der Waals surface area (Å²) in [6.45, 7) is 7.63. The van der Waals surface area contributed by atoms with Crippen LogP contribution < -0.4 is 5.32 Å².